The van der Waals surface area contributed by atoms with E-state index in [4.69, 9.17) is 0 Å². The summed E-state index contributed by atoms with van der Waals surface area (Å²) in [4.78, 5) is 25.7. The van der Waals surface area contributed by atoms with E-state index >= 15 is 0 Å². The molecule has 5 nitrogen and oxygen atoms in total. The highest BCUT2D eigenvalue weighted by molar-refractivity contribution is 9.10. The fraction of sp³-hybridized carbons (Fsp3) is 0.429. The van der Waals surface area contributed by atoms with Gasteiger partial charge in [0, 0.05) is 23.2 Å². The van der Waals surface area contributed by atoms with Crippen LogP contribution in [0.4, 0.5) is 5.69 Å². The van der Waals surface area contributed by atoms with Crippen LogP contribution in [0.3, 0.4) is 0 Å². The molecule has 6 heteroatoms. The Bertz CT molecular complexity index is 507. The molecule has 0 bridgehead atoms. The first-order chi connectivity index (χ1) is 9.60. The molecule has 1 aliphatic rings. The summed E-state index contributed by atoms with van der Waals surface area (Å²) in [5.74, 6) is -0.170. The van der Waals surface area contributed by atoms with Crippen molar-refractivity contribution in [2.45, 2.75) is 19.4 Å². The zero-order valence-electron chi connectivity index (χ0n) is 11.4. The van der Waals surface area contributed by atoms with E-state index in [2.05, 4.69) is 26.6 Å². The molecule has 20 heavy (non-hydrogen) atoms. The molecule has 1 aromatic rings. The van der Waals surface area contributed by atoms with Crippen molar-refractivity contribution >= 4 is 33.4 Å². The first-order valence-electron chi connectivity index (χ1n) is 6.67. The predicted molar refractivity (Wildman–Crippen MR) is 81.4 cm³/mol. The van der Waals surface area contributed by atoms with Crippen LogP contribution in [-0.4, -0.2) is 42.4 Å². The van der Waals surface area contributed by atoms with Gasteiger partial charge in [-0.1, -0.05) is 28.9 Å². The van der Waals surface area contributed by atoms with Crippen molar-refractivity contribution in [1.29, 1.82) is 0 Å². The Balaban J connectivity index is 1.92. The number of nitrogens with one attached hydrogen (secondary N) is 2. The number of benzene rings is 1. The molecule has 1 atom stereocenters. The second-order valence-electron chi connectivity index (χ2n) is 4.73. The number of carbonyl (C=O) groups excluding carboxylic acids is 2. The van der Waals surface area contributed by atoms with E-state index in [0.717, 1.165) is 23.1 Å². The van der Waals surface area contributed by atoms with Gasteiger partial charge in [0.15, 0.2) is 0 Å². The van der Waals surface area contributed by atoms with Crippen molar-refractivity contribution in [3.63, 3.8) is 0 Å². The quantitative estimate of drug-likeness (QED) is 0.875. The zero-order chi connectivity index (χ0) is 14.5. The lowest BCUT2D eigenvalue weighted by Gasteiger charge is -2.32. The number of carbonyl (C=O) groups is 2. The highest BCUT2D eigenvalue weighted by atomic mass is 79.9. The van der Waals surface area contributed by atoms with E-state index in [1.54, 1.807) is 4.90 Å². The molecule has 1 aromatic carbocycles. The molecule has 1 saturated heterocycles. The van der Waals surface area contributed by atoms with Gasteiger partial charge < -0.3 is 15.5 Å². The number of amides is 2. The molecule has 0 radical (unpaired) electrons. The largest absolute Gasteiger partial charge is 0.331 e. The van der Waals surface area contributed by atoms with Gasteiger partial charge in [0.05, 0.1) is 12.6 Å². The predicted octanol–water partition coefficient (Wildman–Crippen LogP) is 1.60. The van der Waals surface area contributed by atoms with Gasteiger partial charge in [0.1, 0.15) is 0 Å². The maximum absolute atomic E-state index is 12.1. The second-order valence-corrected chi connectivity index (χ2v) is 5.65. The summed E-state index contributed by atoms with van der Waals surface area (Å²) in [6.07, 6.45) is 0.739. The Kier molecular flexibility index (Phi) is 5.14. The van der Waals surface area contributed by atoms with Crippen LogP contribution in [0.2, 0.25) is 0 Å². The number of anilines is 1. The number of nitrogens with zero attached hydrogens (tertiary/aromatic N) is 1. The third-order valence-corrected chi connectivity index (χ3v) is 3.73. The standard InChI is InChI=1S/C14H18BrN3O2/c1-2-12-14(20)18(7-6-16-12)9-13(19)17-11-5-3-4-10(15)8-11/h3-5,8,12,16H,2,6-7,9H2,1H3,(H,17,19). The molecular weight excluding hydrogens is 322 g/mol. The summed E-state index contributed by atoms with van der Waals surface area (Å²) in [6.45, 7) is 3.36. The van der Waals surface area contributed by atoms with Crippen LogP contribution in [0.15, 0.2) is 28.7 Å². The van der Waals surface area contributed by atoms with Gasteiger partial charge in [-0.05, 0) is 24.6 Å². The topological polar surface area (TPSA) is 61.4 Å². The lowest BCUT2D eigenvalue weighted by molar-refractivity contribution is -0.138. The number of halogens is 1. The van der Waals surface area contributed by atoms with Gasteiger partial charge in [0.25, 0.3) is 0 Å². The highest BCUT2D eigenvalue weighted by Gasteiger charge is 2.27. The number of hydrogen-bond acceptors (Lipinski definition) is 3. The maximum Gasteiger partial charge on any atom is 0.243 e. The van der Waals surface area contributed by atoms with Crippen LogP contribution in [-0.2, 0) is 9.59 Å². The number of rotatable bonds is 4. The van der Waals surface area contributed by atoms with Gasteiger partial charge in [-0.2, -0.15) is 0 Å². The van der Waals surface area contributed by atoms with E-state index in [9.17, 15) is 9.59 Å². The van der Waals surface area contributed by atoms with Crippen molar-refractivity contribution in [2.75, 3.05) is 25.0 Å². The van der Waals surface area contributed by atoms with Crippen LogP contribution >= 0.6 is 15.9 Å². The smallest absolute Gasteiger partial charge is 0.243 e. The Morgan fingerprint density at radius 3 is 3.05 bits per heavy atom. The summed E-state index contributed by atoms with van der Waals surface area (Å²) >= 11 is 3.35. The van der Waals surface area contributed by atoms with Crippen LogP contribution in [0.5, 0.6) is 0 Å². The molecule has 0 aromatic heterocycles. The third-order valence-electron chi connectivity index (χ3n) is 3.23. The van der Waals surface area contributed by atoms with E-state index in [0.29, 0.717) is 6.54 Å². The number of piperazine rings is 1. The van der Waals surface area contributed by atoms with Gasteiger partial charge in [0.2, 0.25) is 11.8 Å². The maximum atomic E-state index is 12.1. The van der Waals surface area contributed by atoms with Crippen LogP contribution in [0, 0.1) is 0 Å². The normalized spacial score (nSPS) is 19.0. The molecule has 2 N–H and O–H groups in total. The summed E-state index contributed by atoms with van der Waals surface area (Å²) < 4.78 is 0.902. The summed E-state index contributed by atoms with van der Waals surface area (Å²) in [5.41, 5.74) is 0.721. The molecular formula is C14H18BrN3O2. The average Bonchev–Trinajstić information content (AvgIpc) is 2.41. The minimum Gasteiger partial charge on any atom is -0.331 e. The summed E-state index contributed by atoms with van der Waals surface area (Å²) in [7, 11) is 0. The fourth-order valence-corrected chi connectivity index (χ4v) is 2.61. The first kappa shape index (κ1) is 15.0. The van der Waals surface area contributed by atoms with E-state index in [1.165, 1.54) is 0 Å². The zero-order valence-corrected chi connectivity index (χ0v) is 12.9. The molecule has 1 fully saturated rings. The van der Waals surface area contributed by atoms with Crippen LogP contribution in [0.1, 0.15) is 13.3 Å². The van der Waals surface area contributed by atoms with Crippen molar-refractivity contribution in [3.05, 3.63) is 28.7 Å². The monoisotopic (exact) mass is 339 g/mol. The molecule has 0 spiro atoms. The van der Waals surface area contributed by atoms with Crippen molar-refractivity contribution in [3.8, 4) is 0 Å². The Morgan fingerprint density at radius 1 is 1.55 bits per heavy atom. The van der Waals surface area contributed by atoms with Crippen molar-refractivity contribution in [1.82, 2.24) is 10.2 Å². The summed E-state index contributed by atoms with van der Waals surface area (Å²) in [5, 5.41) is 5.95. The molecule has 0 saturated carbocycles. The van der Waals surface area contributed by atoms with Gasteiger partial charge in [-0.25, -0.2) is 0 Å². The second kappa shape index (κ2) is 6.85. The van der Waals surface area contributed by atoms with Gasteiger partial charge >= 0.3 is 0 Å². The molecule has 108 valence electrons. The SMILES string of the molecule is CCC1NCCN(CC(=O)Nc2cccc(Br)c2)C1=O. The molecule has 2 amide bonds. The van der Waals surface area contributed by atoms with Gasteiger partial charge in [-0.15, -0.1) is 0 Å². The molecule has 1 heterocycles. The fourth-order valence-electron chi connectivity index (χ4n) is 2.21. The molecule has 1 aliphatic heterocycles. The van der Waals surface area contributed by atoms with E-state index in [-0.39, 0.29) is 24.4 Å². The minimum atomic E-state index is -0.173. The van der Waals surface area contributed by atoms with Gasteiger partial charge in [-0.3, -0.25) is 9.59 Å². The van der Waals surface area contributed by atoms with Crippen LogP contribution in [0.25, 0.3) is 0 Å². The molecule has 0 aliphatic carbocycles. The van der Waals surface area contributed by atoms with Crippen LogP contribution < -0.4 is 10.6 Å². The van der Waals surface area contributed by atoms with E-state index in [1.807, 2.05) is 31.2 Å². The Morgan fingerprint density at radius 2 is 2.35 bits per heavy atom. The highest BCUT2D eigenvalue weighted by Crippen LogP contribution is 2.15. The average molecular weight is 340 g/mol. The first-order valence-corrected chi connectivity index (χ1v) is 7.47. The third kappa shape index (κ3) is 3.80. The van der Waals surface area contributed by atoms with Crippen molar-refractivity contribution < 1.29 is 9.59 Å². The lowest BCUT2D eigenvalue weighted by atomic mass is 10.1. The number of hydrogen-bond donors (Lipinski definition) is 2. The molecule has 1 unspecified atom stereocenters. The Hall–Kier alpha value is -1.40. The lowest BCUT2D eigenvalue weighted by Crippen LogP contribution is -2.56. The minimum absolute atomic E-state index is 0.00291. The summed E-state index contributed by atoms with van der Waals surface area (Å²) in [6, 6.07) is 7.22. The molecule has 2 rings (SSSR count). The Labute approximate surface area is 126 Å². The van der Waals surface area contributed by atoms with Crippen molar-refractivity contribution in [2.24, 2.45) is 0 Å². The van der Waals surface area contributed by atoms with E-state index < -0.39 is 0 Å².